The highest BCUT2D eigenvalue weighted by molar-refractivity contribution is 5.90. The van der Waals surface area contributed by atoms with Crippen molar-refractivity contribution in [2.24, 2.45) is 0 Å². The van der Waals surface area contributed by atoms with Crippen LogP contribution in [0.4, 0.5) is 16.2 Å². The van der Waals surface area contributed by atoms with Gasteiger partial charge in [0.2, 0.25) is 5.82 Å². The summed E-state index contributed by atoms with van der Waals surface area (Å²) in [6.45, 7) is 2.24. The Morgan fingerprint density at radius 2 is 2.16 bits per heavy atom. The van der Waals surface area contributed by atoms with E-state index < -0.39 is 0 Å². The number of H-pyrrole nitrogens is 1. The number of nitriles is 1. The van der Waals surface area contributed by atoms with Gasteiger partial charge in [-0.3, -0.25) is 0 Å². The maximum Gasteiger partial charge on any atom is 0.322 e. The van der Waals surface area contributed by atoms with Crippen LogP contribution in [0.3, 0.4) is 0 Å². The van der Waals surface area contributed by atoms with Gasteiger partial charge in [0.1, 0.15) is 11.6 Å². The number of benzene rings is 1. The summed E-state index contributed by atoms with van der Waals surface area (Å²) in [6, 6.07) is 8.99. The van der Waals surface area contributed by atoms with Crippen LogP contribution in [0.5, 0.6) is 0 Å². The Hall–Kier alpha value is -3.45. The molecule has 1 saturated heterocycles. The Morgan fingerprint density at radius 1 is 1.36 bits per heavy atom. The van der Waals surface area contributed by atoms with Gasteiger partial charge in [-0.15, -0.1) is 10.2 Å². The third kappa shape index (κ3) is 4.30. The minimum atomic E-state index is -0.166. The number of hydrogen-bond acceptors (Lipinski definition) is 7. The fourth-order valence-electron chi connectivity index (χ4n) is 2.23. The first-order chi connectivity index (χ1) is 12.3. The Morgan fingerprint density at radius 3 is 2.88 bits per heavy atom. The third-order valence-corrected chi connectivity index (χ3v) is 3.50. The van der Waals surface area contributed by atoms with Gasteiger partial charge in [0.25, 0.3) is 0 Å². The van der Waals surface area contributed by atoms with E-state index in [4.69, 9.17) is 10.00 Å². The molecule has 0 saturated carbocycles. The second kappa shape index (κ2) is 7.89. The normalized spacial score (nSPS) is 14.7. The number of allylic oxidation sites excluding steroid dienone is 1. The number of hydrogen-bond donors (Lipinski definition) is 3. The monoisotopic (exact) mass is 340 g/mol. The summed E-state index contributed by atoms with van der Waals surface area (Å²) in [5.41, 5.74) is 1.58. The SMILES string of the molecule is N#CC(=CNc1cccc(NC(=O)N2CCOCC2)c1)c1nn[nH]n1. The van der Waals surface area contributed by atoms with E-state index in [1.54, 1.807) is 23.1 Å². The van der Waals surface area contributed by atoms with Crippen molar-refractivity contribution < 1.29 is 9.53 Å². The number of aromatic nitrogens is 4. The Kier molecular flexibility index (Phi) is 5.18. The molecule has 1 fully saturated rings. The van der Waals surface area contributed by atoms with Crippen LogP contribution < -0.4 is 10.6 Å². The molecule has 0 unspecified atom stereocenters. The average molecular weight is 340 g/mol. The number of ether oxygens (including phenoxy) is 1. The smallest absolute Gasteiger partial charge is 0.322 e. The molecule has 1 aromatic carbocycles. The molecular formula is C15H16N8O2. The number of carbonyl (C=O) groups is 1. The third-order valence-electron chi connectivity index (χ3n) is 3.50. The summed E-state index contributed by atoms with van der Waals surface area (Å²) in [5.74, 6) is 0.201. The second-order valence-electron chi connectivity index (χ2n) is 5.16. The Bertz CT molecular complexity index is 790. The number of anilines is 2. The predicted molar refractivity (Wildman–Crippen MR) is 89.2 cm³/mol. The number of nitrogens with zero attached hydrogens (tertiary/aromatic N) is 5. The van der Waals surface area contributed by atoms with Crippen molar-refractivity contribution in [1.29, 1.82) is 5.26 Å². The molecule has 2 heterocycles. The van der Waals surface area contributed by atoms with E-state index in [0.29, 0.717) is 37.7 Å². The molecule has 0 radical (unpaired) electrons. The lowest BCUT2D eigenvalue weighted by molar-refractivity contribution is 0.0564. The van der Waals surface area contributed by atoms with Crippen molar-refractivity contribution in [2.45, 2.75) is 0 Å². The van der Waals surface area contributed by atoms with E-state index in [0.717, 1.165) is 0 Å². The van der Waals surface area contributed by atoms with Crippen molar-refractivity contribution >= 4 is 23.0 Å². The molecule has 0 atom stereocenters. The summed E-state index contributed by atoms with van der Waals surface area (Å²) >= 11 is 0. The fraction of sp³-hybridized carbons (Fsp3) is 0.267. The minimum Gasteiger partial charge on any atom is -0.378 e. The lowest BCUT2D eigenvalue weighted by Gasteiger charge is -2.27. The van der Waals surface area contributed by atoms with E-state index >= 15 is 0 Å². The van der Waals surface area contributed by atoms with Gasteiger partial charge in [-0.2, -0.15) is 10.5 Å². The topological polar surface area (TPSA) is 132 Å². The molecule has 0 bridgehead atoms. The predicted octanol–water partition coefficient (Wildman–Crippen LogP) is 1.04. The van der Waals surface area contributed by atoms with Gasteiger partial charge in [0.05, 0.1) is 13.2 Å². The summed E-state index contributed by atoms with van der Waals surface area (Å²) in [5, 5.41) is 28.2. The van der Waals surface area contributed by atoms with Gasteiger partial charge >= 0.3 is 6.03 Å². The zero-order valence-corrected chi connectivity index (χ0v) is 13.3. The van der Waals surface area contributed by atoms with Crippen molar-refractivity contribution in [1.82, 2.24) is 25.5 Å². The lowest BCUT2D eigenvalue weighted by Crippen LogP contribution is -2.43. The van der Waals surface area contributed by atoms with Crippen LogP contribution >= 0.6 is 0 Å². The summed E-state index contributed by atoms with van der Waals surface area (Å²) in [7, 11) is 0. The van der Waals surface area contributed by atoms with Crippen LogP contribution in [0.2, 0.25) is 0 Å². The zero-order valence-electron chi connectivity index (χ0n) is 13.3. The van der Waals surface area contributed by atoms with Crippen LogP contribution in [0.1, 0.15) is 5.82 Å². The lowest BCUT2D eigenvalue weighted by atomic mass is 10.2. The van der Waals surface area contributed by atoms with Gasteiger partial charge in [0.15, 0.2) is 0 Å². The number of rotatable bonds is 4. The van der Waals surface area contributed by atoms with Crippen LogP contribution in [-0.4, -0.2) is 57.9 Å². The summed E-state index contributed by atoms with van der Waals surface area (Å²) < 4.78 is 5.23. The molecule has 25 heavy (non-hydrogen) atoms. The highest BCUT2D eigenvalue weighted by Gasteiger charge is 2.16. The van der Waals surface area contributed by atoms with Gasteiger partial charge in [-0.1, -0.05) is 6.07 Å². The van der Waals surface area contributed by atoms with Gasteiger partial charge in [0, 0.05) is 30.7 Å². The first-order valence-corrected chi connectivity index (χ1v) is 7.60. The number of tetrazole rings is 1. The molecule has 3 rings (SSSR count). The van der Waals surface area contributed by atoms with Crippen LogP contribution in [0.15, 0.2) is 30.5 Å². The van der Waals surface area contributed by atoms with Crippen molar-refractivity contribution in [2.75, 3.05) is 36.9 Å². The maximum atomic E-state index is 12.2. The number of urea groups is 1. The van der Waals surface area contributed by atoms with E-state index in [1.165, 1.54) is 6.20 Å². The van der Waals surface area contributed by atoms with Crippen molar-refractivity contribution in [3.8, 4) is 6.07 Å². The summed E-state index contributed by atoms with van der Waals surface area (Å²) in [6.07, 6.45) is 1.48. The first kappa shape index (κ1) is 16.4. The molecule has 10 heteroatoms. The fourth-order valence-corrected chi connectivity index (χ4v) is 2.23. The molecular weight excluding hydrogens is 324 g/mol. The maximum absolute atomic E-state index is 12.2. The van der Waals surface area contributed by atoms with E-state index in [-0.39, 0.29) is 17.4 Å². The Labute approximate surface area is 143 Å². The zero-order chi connectivity index (χ0) is 17.5. The summed E-state index contributed by atoms with van der Waals surface area (Å²) in [4.78, 5) is 13.9. The molecule has 2 aromatic rings. The number of nitrogens with one attached hydrogen (secondary N) is 3. The minimum absolute atomic E-state index is 0.166. The largest absolute Gasteiger partial charge is 0.378 e. The van der Waals surface area contributed by atoms with Crippen molar-refractivity contribution in [3.63, 3.8) is 0 Å². The number of carbonyl (C=O) groups excluding carboxylic acids is 1. The number of aromatic amines is 1. The Balaban J connectivity index is 1.65. The molecule has 10 nitrogen and oxygen atoms in total. The van der Waals surface area contributed by atoms with Crippen molar-refractivity contribution in [3.05, 3.63) is 36.3 Å². The second-order valence-corrected chi connectivity index (χ2v) is 5.16. The first-order valence-electron chi connectivity index (χ1n) is 7.60. The van der Waals surface area contributed by atoms with Gasteiger partial charge in [-0.05, 0) is 23.4 Å². The number of amides is 2. The van der Waals surface area contributed by atoms with Gasteiger partial charge in [-0.25, -0.2) is 4.79 Å². The molecule has 1 aliphatic rings. The van der Waals surface area contributed by atoms with Gasteiger partial charge < -0.3 is 20.3 Å². The van der Waals surface area contributed by atoms with Crippen LogP contribution in [-0.2, 0) is 4.74 Å². The molecule has 0 spiro atoms. The molecule has 1 aromatic heterocycles. The molecule has 3 N–H and O–H groups in total. The molecule has 0 aliphatic carbocycles. The number of morpholine rings is 1. The molecule has 2 amide bonds. The molecule has 128 valence electrons. The quantitative estimate of drug-likeness (QED) is 0.708. The van der Waals surface area contributed by atoms with E-state index in [1.807, 2.05) is 12.1 Å². The van der Waals surface area contributed by atoms with Crippen LogP contribution in [0, 0.1) is 11.3 Å². The van der Waals surface area contributed by atoms with E-state index in [9.17, 15) is 4.79 Å². The van der Waals surface area contributed by atoms with E-state index in [2.05, 4.69) is 31.3 Å². The average Bonchev–Trinajstić information content (AvgIpc) is 3.18. The standard InChI is InChI=1S/C15H16N8O2/c16-9-11(14-19-21-22-20-14)10-17-12-2-1-3-13(8-12)18-15(24)23-4-6-25-7-5-23/h1-3,8,10,17H,4-7H2,(H,18,24)(H,19,20,21,22). The highest BCUT2D eigenvalue weighted by Crippen LogP contribution is 2.17. The highest BCUT2D eigenvalue weighted by atomic mass is 16.5. The molecule has 1 aliphatic heterocycles. The van der Waals surface area contributed by atoms with Crippen LogP contribution in [0.25, 0.3) is 5.57 Å².